The van der Waals surface area contributed by atoms with Crippen molar-refractivity contribution in [1.29, 1.82) is 0 Å². The highest BCUT2D eigenvalue weighted by Gasteiger charge is 2.45. The van der Waals surface area contributed by atoms with E-state index in [-0.39, 0.29) is 0 Å². The zero-order chi connectivity index (χ0) is 9.54. The van der Waals surface area contributed by atoms with Crippen molar-refractivity contribution in [3.8, 4) is 0 Å². The molecule has 2 saturated carbocycles. The summed E-state index contributed by atoms with van der Waals surface area (Å²) >= 11 is 0. The molecule has 0 aromatic carbocycles. The molecule has 2 bridgehead atoms. The standard InChI is InChI=1S/C13H20O/c1-14-12-4-2-3-11-9-5-7-10(8-6-9)13(11)12/h5,7,9-13H,2-4,6,8H2,1H3/t9-,10+,11-,12+,13+/m0/s1. The summed E-state index contributed by atoms with van der Waals surface area (Å²) in [5, 5.41) is 0. The van der Waals surface area contributed by atoms with Gasteiger partial charge in [-0.05, 0) is 49.4 Å². The van der Waals surface area contributed by atoms with E-state index in [2.05, 4.69) is 12.2 Å². The van der Waals surface area contributed by atoms with Gasteiger partial charge >= 0.3 is 0 Å². The Morgan fingerprint density at radius 2 is 1.79 bits per heavy atom. The van der Waals surface area contributed by atoms with Gasteiger partial charge in [0.1, 0.15) is 0 Å². The molecule has 4 aliphatic carbocycles. The Kier molecular flexibility index (Phi) is 2.16. The minimum atomic E-state index is 0.562. The average molecular weight is 192 g/mol. The van der Waals surface area contributed by atoms with Gasteiger partial charge in [-0.15, -0.1) is 0 Å². The van der Waals surface area contributed by atoms with Crippen molar-refractivity contribution < 1.29 is 4.74 Å². The van der Waals surface area contributed by atoms with Gasteiger partial charge in [-0.3, -0.25) is 0 Å². The maximum absolute atomic E-state index is 5.68. The van der Waals surface area contributed by atoms with Crippen LogP contribution in [0, 0.1) is 23.7 Å². The van der Waals surface area contributed by atoms with Crippen LogP contribution in [0.1, 0.15) is 32.1 Å². The molecule has 0 radical (unpaired) electrons. The van der Waals surface area contributed by atoms with Gasteiger partial charge in [-0.2, -0.15) is 0 Å². The van der Waals surface area contributed by atoms with Crippen LogP contribution in [0.2, 0.25) is 0 Å². The Labute approximate surface area is 86.5 Å². The highest BCUT2D eigenvalue weighted by atomic mass is 16.5. The SMILES string of the molecule is CO[C@@H]1CCC[C@@H]2[C@H]1[C@@H]1C=C[C@H]2CC1. The molecule has 0 spiro atoms. The third-order valence-electron chi connectivity index (χ3n) is 4.74. The minimum absolute atomic E-state index is 0.562. The fourth-order valence-corrected chi connectivity index (χ4v) is 4.12. The summed E-state index contributed by atoms with van der Waals surface area (Å²) < 4.78 is 5.68. The van der Waals surface area contributed by atoms with Crippen LogP contribution in [0.15, 0.2) is 12.2 Å². The first kappa shape index (κ1) is 8.96. The summed E-state index contributed by atoms with van der Waals surface area (Å²) in [7, 11) is 1.90. The van der Waals surface area contributed by atoms with Crippen LogP contribution in [0.25, 0.3) is 0 Å². The highest BCUT2D eigenvalue weighted by Crippen LogP contribution is 2.51. The van der Waals surface area contributed by atoms with Gasteiger partial charge in [0.25, 0.3) is 0 Å². The summed E-state index contributed by atoms with van der Waals surface area (Å²) in [4.78, 5) is 0. The van der Waals surface area contributed by atoms with Crippen molar-refractivity contribution in [3.05, 3.63) is 12.2 Å². The third kappa shape index (κ3) is 1.18. The second-order valence-corrected chi connectivity index (χ2v) is 5.24. The quantitative estimate of drug-likeness (QED) is 0.580. The lowest BCUT2D eigenvalue weighted by atomic mass is 9.57. The Morgan fingerprint density at radius 1 is 1.00 bits per heavy atom. The molecule has 0 aromatic heterocycles. The molecule has 78 valence electrons. The second kappa shape index (κ2) is 3.37. The van der Waals surface area contributed by atoms with Crippen LogP contribution in [-0.4, -0.2) is 13.2 Å². The van der Waals surface area contributed by atoms with Crippen molar-refractivity contribution in [2.75, 3.05) is 7.11 Å². The average Bonchev–Trinajstić information content (AvgIpc) is 2.30. The number of ether oxygens (including phenoxy) is 1. The van der Waals surface area contributed by atoms with Crippen molar-refractivity contribution in [2.24, 2.45) is 23.7 Å². The number of rotatable bonds is 1. The minimum Gasteiger partial charge on any atom is -0.381 e. The molecule has 5 atom stereocenters. The highest BCUT2D eigenvalue weighted by molar-refractivity contribution is 5.11. The van der Waals surface area contributed by atoms with E-state index < -0.39 is 0 Å². The zero-order valence-corrected chi connectivity index (χ0v) is 8.99. The zero-order valence-electron chi connectivity index (χ0n) is 8.99. The lowest BCUT2D eigenvalue weighted by Gasteiger charge is -2.50. The second-order valence-electron chi connectivity index (χ2n) is 5.24. The Hall–Kier alpha value is -0.300. The number of fused-ring (bicyclic) bond motifs is 1. The molecular weight excluding hydrogens is 172 g/mol. The van der Waals surface area contributed by atoms with E-state index in [9.17, 15) is 0 Å². The van der Waals surface area contributed by atoms with E-state index in [0.29, 0.717) is 6.10 Å². The summed E-state index contributed by atoms with van der Waals surface area (Å²) in [6.45, 7) is 0. The van der Waals surface area contributed by atoms with Crippen LogP contribution >= 0.6 is 0 Å². The van der Waals surface area contributed by atoms with Gasteiger partial charge in [0, 0.05) is 7.11 Å². The van der Waals surface area contributed by atoms with Crippen molar-refractivity contribution >= 4 is 0 Å². The van der Waals surface area contributed by atoms with Gasteiger partial charge in [-0.1, -0.05) is 18.6 Å². The largest absolute Gasteiger partial charge is 0.381 e. The maximum atomic E-state index is 5.68. The molecule has 0 N–H and O–H groups in total. The molecule has 0 saturated heterocycles. The molecule has 1 nitrogen and oxygen atoms in total. The van der Waals surface area contributed by atoms with Crippen LogP contribution < -0.4 is 0 Å². The molecule has 0 unspecified atom stereocenters. The monoisotopic (exact) mass is 192 g/mol. The van der Waals surface area contributed by atoms with Crippen molar-refractivity contribution in [3.63, 3.8) is 0 Å². The molecule has 0 aromatic rings. The Morgan fingerprint density at radius 3 is 2.50 bits per heavy atom. The maximum Gasteiger partial charge on any atom is 0.0608 e. The molecular formula is C13H20O. The lowest BCUT2D eigenvalue weighted by Crippen LogP contribution is -2.46. The predicted octanol–water partition coefficient (Wildman–Crippen LogP) is 3.01. The molecule has 4 rings (SSSR count). The Bertz CT molecular complexity index is 246. The molecule has 14 heavy (non-hydrogen) atoms. The summed E-state index contributed by atoms with van der Waals surface area (Å²) in [6.07, 6.45) is 12.5. The van der Waals surface area contributed by atoms with Crippen LogP contribution in [0.3, 0.4) is 0 Å². The van der Waals surface area contributed by atoms with E-state index in [1.807, 2.05) is 7.11 Å². The van der Waals surface area contributed by atoms with E-state index in [0.717, 1.165) is 23.7 Å². The third-order valence-corrected chi connectivity index (χ3v) is 4.74. The first-order valence-electron chi connectivity index (χ1n) is 6.11. The summed E-state index contributed by atoms with van der Waals surface area (Å²) in [5.41, 5.74) is 0. The first-order chi connectivity index (χ1) is 6.90. The summed E-state index contributed by atoms with van der Waals surface area (Å²) in [5.74, 6) is 3.55. The van der Waals surface area contributed by atoms with Gasteiger partial charge in [0.15, 0.2) is 0 Å². The number of allylic oxidation sites excluding steroid dienone is 2. The molecule has 0 amide bonds. The first-order valence-corrected chi connectivity index (χ1v) is 6.11. The fourth-order valence-electron chi connectivity index (χ4n) is 4.12. The fraction of sp³-hybridized carbons (Fsp3) is 0.846. The van der Waals surface area contributed by atoms with Gasteiger partial charge < -0.3 is 4.74 Å². The molecule has 4 aliphatic rings. The van der Waals surface area contributed by atoms with E-state index in [4.69, 9.17) is 4.74 Å². The van der Waals surface area contributed by atoms with E-state index in [1.54, 1.807) is 0 Å². The van der Waals surface area contributed by atoms with Crippen LogP contribution in [-0.2, 0) is 4.74 Å². The molecule has 1 heteroatoms. The summed E-state index contributed by atoms with van der Waals surface area (Å²) in [6, 6.07) is 0. The topological polar surface area (TPSA) is 9.23 Å². The smallest absolute Gasteiger partial charge is 0.0608 e. The van der Waals surface area contributed by atoms with Crippen molar-refractivity contribution in [1.82, 2.24) is 0 Å². The molecule has 0 aliphatic heterocycles. The van der Waals surface area contributed by atoms with E-state index >= 15 is 0 Å². The number of hydrogen-bond acceptors (Lipinski definition) is 1. The molecule has 0 heterocycles. The van der Waals surface area contributed by atoms with Gasteiger partial charge in [-0.25, -0.2) is 0 Å². The predicted molar refractivity (Wildman–Crippen MR) is 57.0 cm³/mol. The van der Waals surface area contributed by atoms with Crippen LogP contribution in [0.4, 0.5) is 0 Å². The lowest BCUT2D eigenvalue weighted by molar-refractivity contribution is -0.0574. The number of hydrogen-bond donors (Lipinski definition) is 0. The normalized spacial score (nSPS) is 50.5. The van der Waals surface area contributed by atoms with Crippen molar-refractivity contribution in [2.45, 2.75) is 38.2 Å². The van der Waals surface area contributed by atoms with Gasteiger partial charge in [0.2, 0.25) is 0 Å². The molecule has 2 fully saturated rings. The Balaban J connectivity index is 1.88. The van der Waals surface area contributed by atoms with Gasteiger partial charge in [0.05, 0.1) is 6.10 Å². The van der Waals surface area contributed by atoms with Crippen LogP contribution in [0.5, 0.6) is 0 Å². The van der Waals surface area contributed by atoms with E-state index in [1.165, 1.54) is 32.1 Å². The number of methoxy groups -OCH3 is 1.